The van der Waals surface area contributed by atoms with Crippen molar-refractivity contribution in [2.75, 3.05) is 26.8 Å². The predicted octanol–water partition coefficient (Wildman–Crippen LogP) is -0.0717. The number of carboxylic acid groups (broad SMARTS) is 1. The molecule has 0 aliphatic carbocycles. The SMILES string of the molecule is COC(=O)[C@@H]1CN(C(=O)O)CCCO1. The van der Waals surface area contributed by atoms with Crippen LogP contribution in [-0.4, -0.2) is 55.0 Å². The van der Waals surface area contributed by atoms with Gasteiger partial charge >= 0.3 is 12.1 Å². The van der Waals surface area contributed by atoms with E-state index < -0.39 is 18.2 Å². The normalized spacial score (nSPS) is 22.6. The summed E-state index contributed by atoms with van der Waals surface area (Å²) < 4.78 is 9.65. The lowest BCUT2D eigenvalue weighted by Crippen LogP contribution is -2.39. The Morgan fingerprint density at radius 1 is 1.57 bits per heavy atom. The predicted molar refractivity (Wildman–Crippen MR) is 46.0 cm³/mol. The Morgan fingerprint density at radius 2 is 2.29 bits per heavy atom. The van der Waals surface area contributed by atoms with E-state index in [4.69, 9.17) is 9.84 Å². The standard InChI is InChI=1S/C8H13NO5/c1-13-7(10)6-5-9(8(11)12)3-2-4-14-6/h6H,2-5H2,1H3,(H,11,12)/t6-/m0/s1. The van der Waals surface area contributed by atoms with Crippen molar-refractivity contribution in [3.05, 3.63) is 0 Å². The molecule has 0 aromatic rings. The fraction of sp³-hybridized carbons (Fsp3) is 0.750. The zero-order valence-electron chi connectivity index (χ0n) is 7.93. The first-order valence-electron chi connectivity index (χ1n) is 4.32. The third kappa shape index (κ3) is 2.59. The van der Waals surface area contributed by atoms with Crippen LogP contribution in [0, 0.1) is 0 Å². The molecule has 6 nitrogen and oxygen atoms in total. The van der Waals surface area contributed by atoms with E-state index >= 15 is 0 Å². The monoisotopic (exact) mass is 203 g/mol. The fourth-order valence-corrected chi connectivity index (χ4v) is 1.27. The lowest BCUT2D eigenvalue weighted by molar-refractivity contribution is -0.153. The molecule has 1 aliphatic rings. The molecule has 1 rings (SSSR count). The molecule has 6 heteroatoms. The second kappa shape index (κ2) is 4.80. The minimum Gasteiger partial charge on any atom is -0.467 e. The highest BCUT2D eigenvalue weighted by molar-refractivity contribution is 5.76. The third-order valence-electron chi connectivity index (χ3n) is 2.01. The highest BCUT2D eigenvalue weighted by Crippen LogP contribution is 2.07. The largest absolute Gasteiger partial charge is 0.467 e. The molecule has 0 saturated carbocycles. The lowest BCUT2D eigenvalue weighted by atomic mass is 10.3. The number of carbonyl (C=O) groups is 2. The first-order valence-corrected chi connectivity index (χ1v) is 4.32. The van der Waals surface area contributed by atoms with Crippen molar-refractivity contribution in [2.45, 2.75) is 12.5 Å². The van der Waals surface area contributed by atoms with Crippen LogP contribution in [0.3, 0.4) is 0 Å². The molecular weight excluding hydrogens is 190 g/mol. The Hall–Kier alpha value is -1.30. The van der Waals surface area contributed by atoms with Crippen LogP contribution in [0.4, 0.5) is 4.79 Å². The molecule has 1 atom stereocenters. The van der Waals surface area contributed by atoms with Crippen LogP contribution in [0.2, 0.25) is 0 Å². The van der Waals surface area contributed by atoms with Crippen LogP contribution in [0.5, 0.6) is 0 Å². The molecule has 80 valence electrons. The summed E-state index contributed by atoms with van der Waals surface area (Å²) in [4.78, 5) is 23.0. The zero-order valence-corrected chi connectivity index (χ0v) is 7.93. The van der Waals surface area contributed by atoms with E-state index in [2.05, 4.69) is 4.74 Å². The molecule has 0 radical (unpaired) electrons. The van der Waals surface area contributed by atoms with Crippen LogP contribution >= 0.6 is 0 Å². The van der Waals surface area contributed by atoms with Crippen molar-refractivity contribution in [1.29, 1.82) is 0 Å². The van der Waals surface area contributed by atoms with Crippen molar-refractivity contribution in [2.24, 2.45) is 0 Å². The molecule has 1 fully saturated rings. The number of ether oxygens (including phenoxy) is 2. The van der Waals surface area contributed by atoms with E-state index in [1.807, 2.05) is 0 Å². The first-order chi connectivity index (χ1) is 6.65. The van der Waals surface area contributed by atoms with Crippen molar-refractivity contribution >= 4 is 12.1 Å². The maximum absolute atomic E-state index is 11.1. The number of hydrogen-bond donors (Lipinski definition) is 1. The highest BCUT2D eigenvalue weighted by Gasteiger charge is 2.27. The molecule has 1 heterocycles. The molecule has 1 amide bonds. The Balaban J connectivity index is 2.59. The number of carbonyl (C=O) groups excluding carboxylic acids is 1. The molecule has 0 aromatic carbocycles. The first kappa shape index (κ1) is 10.8. The molecule has 0 aromatic heterocycles. The number of nitrogens with zero attached hydrogens (tertiary/aromatic N) is 1. The summed E-state index contributed by atoms with van der Waals surface area (Å²) in [6, 6.07) is 0. The van der Waals surface area contributed by atoms with Gasteiger partial charge < -0.3 is 19.5 Å². The summed E-state index contributed by atoms with van der Waals surface area (Å²) in [5.74, 6) is -0.529. The minimum atomic E-state index is -1.04. The summed E-state index contributed by atoms with van der Waals surface area (Å²) in [6.45, 7) is 0.814. The van der Waals surface area contributed by atoms with Crippen LogP contribution in [0.25, 0.3) is 0 Å². The average Bonchev–Trinajstić information content (AvgIpc) is 2.41. The van der Waals surface area contributed by atoms with Gasteiger partial charge in [0.15, 0.2) is 6.10 Å². The maximum Gasteiger partial charge on any atom is 0.407 e. The Bertz CT molecular complexity index is 230. The van der Waals surface area contributed by atoms with E-state index in [1.165, 1.54) is 7.11 Å². The van der Waals surface area contributed by atoms with Crippen LogP contribution in [-0.2, 0) is 14.3 Å². The van der Waals surface area contributed by atoms with Gasteiger partial charge in [-0.25, -0.2) is 9.59 Å². The summed E-state index contributed by atoms with van der Waals surface area (Å²) in [5.41, 5.74) is 0. The maximum atomic E-state index is 11.1. The van der Waals surface area contributed by atoms with Gasteiger partial charge in [-0.15, -0.1) is 0 Å². The van der Waals surface area contributed by atoms with Crippen molar-refractivity contribution in [1.82, 2.24) is 4.90 Å². The molecule has 1 N–H and O–H groups in total. The molecule has 0 bridgehead atoms. The zero-order chi connectivity index (χ0) is 10.6. The number of rotatable bonds is 1. The fourth-order valence-electron chi connectivity index (χ4n) is 1.27. The van der Waals surface area contributed by atoms with Gasteiger partial charge in [0.1, 0.15) is 0 Å². The molecule has 14 heavy (non-hydrogen) atoms. The second-order valence-electron chi connectivity index (χ2n) is 2.96. The van der Waals surface area contributed by atoms with Crippen LogP contribution in [0.1, 0.15) is 6.42 Å². The van der Waals surface area contributed by atoms with Gasteiger partial charge in [-0.1, -0.05) is 0 Å². The topological polar surface area (TPSA) is 76.1 Å². The smallest absolute Gasteiger partial charge is 0.407 e. The third-order valence-corrected chi connectivity index (χ3v) is 2.01. The van der Waals surface area contributed by atoms with Gasteiger partial charge in [-0.3, -0.25) is 0 Å². The van der Waals surface area contributed by atoms with E-state index in [0.717, 1.165) is 4.90 Å². The molecule has 0 spiro atoms. The van der Waals surface area contributed by atoms with Gasteiger partial charge in [0.25, 0.3) is 0 Å². The Morgan fingerprint density at radius 3 is 2.86 bits per heavy atom. The number of methoxy groups -OCH3 is 1. The van der Waals surface area contributed by atoms with Crippen LogP contribution in [0.15, 0.2) is 0 Å². The summed E-state index contributed by atoms with van der Waals surface area (Å²) in [6.07, 6.45) is -1.23. The number of amides is 1. The van der Waals surface area contributed by atoms with E-state index in [9.17, 15) is 9.59 Å². The van der Waals surface area contributed by atoms with Crippen molar-refractivity contribution < 1.29 is 24.2 Å². The Kier molecular flexibility index (Phi) is 3.70. The Labute approximate surface area is 81.4 Å². The summed E-state index contributed by atoms with van der Waals surface area (Å²) >= 11 is 0. The van der Waals surface area contributed by atoms with Gasteiger partial charge in [0, 0.05) is 13.2 Å². The minimum absolute atomic E-state index is 0.0437. The highest BCUT2D eigenvalue weighted by atomic mass is 16.6. The number of esters is 1. The van der Waals surface area contributed by atoms with E-state index in [1.54, 1.807) is 0 Å². The molecule has 0 unspecified atom stereocenters. The van der Waals surface area contributed by atoms with Gasteiger partial charge in [0.05, 0.1) is 13.7 Å². The number of hydrogen-bond acceptors (Lipinski definition) is 4. The van der Waals surface area contributed by atoms with Crippen LogP contribution < -0.4 is 0 Å². The van der Waals surface area contributed by atoms with E-state index in [-0.39, 0.29) is 6.54 Å². The van der Waals surface area contributed by atoms with Crippen molar-refractivity contribution in [3.63, 3.8) is 0 Å². The second-order valence-corrected chi connectivity index (χ2v) is 2.96. The molecule has 1 aliphatic heterocycles. The molecule has 1 saturated heterocycles. The van der Waals surface area contributed by atoms with Gasteiger partial charge in [-0.2, -0.15) is 0 Å². The van der Waals surface area contributed by atoms with E-state index in [0.29, 0.717) is 19.6 Å². The molecular formula is C8H13NO5. The van der Waals surface area contributed by atoms with Gasteiger partial charge in [0.2, 0.25) is 0 Å². The van der Waals surface area contributed by atoms with Crippen molar-refractivity contribution in [3.8, 4) is 0 Å². The summed E-state index contributed by atoms with van der Waals surface area (Å²) in [7, 11) is 1.25. The average molecular weight is 203 g/mol. The summed E-state index contributed by atoms with van der Waals surface area (Å²) in [5, 5.41) is 8.75. The lowest BCUT2D eigenvalue weighted by Gasteiger charge is -2.19. The quantitative estimate of drug-likeness (QED) is 0.603. The van der Waals surface area contributed by atoms with Gasteiger partial charge in [-0.05, 0) is 6.42 Å².